The molecule has 0 spiro atoms. The molecular formula is C20H23BrN2O2S. The third-order valence-corrected chi connectivity index (χ3v) is 5.17. The lowest BCUT2D eigenvalue weighted by molar-refractivity contribution is 0.100. The zero-order valence-corrected chi connectivity index (χ0v) is 17.5. The molecule has 0 saturated carbocycles. The van der Waals surface area contributed by atoms with Crippen molar-refractivity contribution in [2.75, 3.05) is 13.2 Å². The number of Topliss-reactive ketones (excluding diaryl/α,β-unsaturated/α-hetero) is 1. The van der Waals surface area contributed by atoms with E-state index in [0.717, 1.165) is 28.9 Å². The first kappa shape index (κ1) is 20.4. The van der Waals surface area contributed by atoms with Crippen LogP contribution in [0.25, 0.3) is 10.2 Å². The number of hydrogen-bond acceptors (Lipinski definition) is 4. The van der Waals surface area contributed by atoms with Crippen LogP contribution in [0.2, 0.25) is 0 Å². The normalized spacial score (nSPS) is 11.4. The average Bonchev–Trinajstić information content (AvgIpc) is 2.97. The van der Waals surface area contributed by atoms with Crippen molar-refractivity contribution in [2.24, 2.45) is 12.0 Å². The maximum absolute atomic E-state index is 12.4. The maximum atomic E-state index is 12.4. The molecule has 0 fully saturated rings. The molecule has 0 saturated heterocycles. The molecule has 26 heavy (non-hydrogen) atoms. The minimum atomic E-state index is 0. The molecule has 0 unspecified atom stereocenters. The van der Waals surface area contributed by atoms with Crippen LogP contribution in [0, 0.1) is 0 Å². The van der Waals surface area contributed by atoms with E-state index in [1.54, 1.807) is 11.3 Å². The van der Waals surface area contributed by atoms with Gasteiger partial charge in [0.15, 0.2) is 10.6 Å². The standard InChI is InChI=1S/C20H22N2O2S.BrH/c1-3-4-13-24-16-11-9-15(10-12-16)18(23)14-21-20-22(2)17-7-5-6-8-19(17)25-20;/h5-12H,3-4,13-14H2,1-2H3;1H. The quantitative estimate of drug-likeness (QED) is 0.396. The molecule has 0 amide bonds. The van der Waals surface area contributed by atoms with Gasteiger partial charge in [0.25, 0.3) is 0 Å². The molecule has 0 N–H and O–H groups in total. The zero-order valence-electron chi connectivity index (χ0n) is 15.0. The number of benzene rings is 2. The molecule has 0 aliphatic rings. The molecule has 0 aliphatic heterocycles. The number of aryl methyl sites for hydroxylation is 1. The number of nitrogens with zero attached hydrogens (tertiary/aromatic N) is 2. The van der Waals surface area contributed by atoms with Crippen LogP contribution in [-0.4, -0.2) is 23.5 Å². The van der Waals surface area contributed by atoms with Crippen molar-refractivity contribution in [3.05, 3.63) is 58.9 Å². The van der Waals surface area contributed by atoms with Crippen molar-refractivity contribution >= 4 is 44.3 Å². The van der Waals surface area contributed by atoms with E-state index < -0.39 is 0 Å². The lowest BCUT2D eigenvalue weighted by Crippen LogP contribution is -2.14. The monoisotopic (exact) mass is 434 g/mol. The summed E-state index contributed by atoms with van der Waals surface area (Å²) in [6, 6.07) is 15.5. The van der Waals surface area contributed by atoms with E-state index in [9.17, 15) is 4.79 Å². The fraction of sp³-hybridized carbons (Fsp3) is 0.300. The summed E-state index contributed by atoms with van der Waals surface area (Å²) >= 11 is 1.60. The van der Waals surface area contributed by atoms with Crippen LogP contribution in [0.15, 0.2) is 53.5 Å². The highest BCUT2D eigenvalue weighted by Crippen LogP contribution is 2.16. The van der Waals surface area contributed by atoms with Gasteiger partial charge in [-0.2, -0.15) is 0 Å². The first-order chi connectivity index (χ1) is 12.2. The van der Waals surface area contributed by atoms with E-state index in [2.05, 4.69) is 24.0 Å². The number of hydrogen-bond donors (Lipinski definition) is 0. The van der Waals surface area contributed by atoms with Crippen LogP contribution >= 0.6 is 28.3 Å². The SMILES string of the molecule is Br.CCCCOc1ccc(C(=O)CN=c2sc3ccccc3n2C)cc1. The van der Waals surface area contributed by atoms with Gasteiger partial charge in [-0.15, -0.1) is 17.0 Å². The Balaban J connectivity index is 0.00000243. The summed E-state index contributed by atoms with van der Waals surface area (Å²) in [7, 11) is 1.98. The molecule has 6 heteroatoms. The summed E-state index contributed by atoms with van der Waals surface area (Å²) in [6.07, 6.45) is 2.14. The van der Waals surface area contributed by atoms with Gasteiger partial charge in [-0.25, -0.2) is 0 Å². The number of rotatable bonds is 7. The molecule has 3 aromatic rings. The Labute approximate surface area is 167 Å². The molecule has 1 aromatic heterocycles. The Morgan fingerprint density at radius 3 is 2.58 bits per heavy atom. The third kappa shape index (κ3) is 4.83. The average molecular weight is 435 g/mol. The van der Waals surface area contributed by atoms with Crippen LogP contribution < -0.4 is 9.54 Å². The van der Waals surface area contributed by atoms with Crippen molar-refractivity contribution in [1.82, 2.24) is 4.57 Å². The number of unbranched alkanes of at least 4 members (excludes halogenated alkanes) is 1. The molecule has 138 valence electrons. The number of carbonyl (C=O) groups is 1. The van der Waals surface area contributed by atoms with Crippen LogP contribution in [0.3, 0.4) is 0 Å². The van der Waals surface area contributed by atoms with Gasteiger partial charge in [0.05, 0.1) is 16.8 Å². The molecule has 0 bridgehead atoms. The third-order valence-electron chi connectivity index (χ3n) is 4.02. The molecule has 3 rings (SSSR count). The second-order valence-corrected chi connectivity index (χ2v) is 6.89. The van der Waals surface area contributed by atoms with E-state index in [1.807, 2.05) is 48.0 Å². The molecule has 4 nitrogen and oxygen atoms in total. The van der Waals surface area contributed by atoms with Crippen LogP contribution in [0.1, 0.15) is 30.1 Å². The van der Waals surface area contributed by atoms with Crippen molar-refractivity contribution in [1.29, 1.82) is 0 Å². The van der Waals surface area contributed by atoms with Crippen molar-refractivity contribution in [2.45, 2.75) is 19.8 Å². The van der Waals surface area contributed by atoms with Gasteiger partial charge in [0, 0.05) is 12.6 Å². The van der Waals surface area contributed by atoms with Gasteiger partial charge in [0.1, 0.15) is 12.3 Å². The number of ether oxygens (including phenoxy) is 1. The number of para-hydroxylation sites is 1. The van der Waals surface area contributed by atoms with Gasteiger partial charge in [-0.1, -0.05) is 36.8 Å². The largest absolute Gasteiger partial charge is 0.494 e. The van der Waals surface area contributed by atoms with E-state index in [0.29, 0.717) is 12.2 Å². The fourth-order valence-electron chi connectivity index (χ4n) is 2.53. The molecule has 0 aliphatic carbocycles. The predicted molar refractivity (Wildman–Crippen MR) is 113 cm³/mol. The number of ketones is 1. The highest BCUT2D eigenvalue weighted by atomic mass is 79.9. The lowest BCUT2D eigenvalue weighted by atomic mass is 10.1. The number of fused-ring (bicyclic) bond motifs is 1. The minimum absolute atomic E-state index is 0. The smallest absolute Gasteiger partial charge is 0.185 e. The van der Waals surface area contributed by atoms with Crippen LogP contribution in [-0.2, 0) is 7.05 Å². The van der Waals surface area contributed by atoms with E-state index in [1.165, 1.54) is 4.70 Å². The second kappa shape index (κ2) is 9.69. The van der Waals surface area contributed by atoms with Crippen molar-refractivity contribution < 1.29 is 9.53 Å². The van der Waals surface area contributed by atoms with Crippen LogP contribution in [0.4, 0.5) is 0 Å². The molecule has 1 heterocycles. The Kier molecular flexibility index (Phi) is 7.60. The van der Waals surface area contributed by atoms with Crippen molar-refractivity contribution in [3.63, 3.8) is 0 Å². The Morgan fingerprint density at radius 2 is 1.88 bits per heavy atom. The molecule has 0 radical (unpaired) electrons. The molecule has 0 atom stereocenters. The Hall–Kier alpha value is -1.92. The summed E-state index contributed by atoms with van der Waals surface area (Å²) < 4.78 is 8.82. The minimum Gasteiger partial charge on any atom is -0.494 e. The molecular weight excluding hydrogens is 412 g/mol. The predicted octanol–water partition coefficient (Wildman–Crippen LogP) is 4.78. The first-order valence-corrected chi connectivity index (χ1v) is 9.32. The lowest BCUT2D eigenvalue weighted by Gasteiger charge is -2.05. The zero-order chi connectivity index (χ0) is 17.6. The highest BCUT2D eigenvalue weighted by Gasteiger charge is 2.06. The van der Waals surface area contributed by atoms with Crippen molar-refractivity contribution in [3.8, 4) is 5.75 Å². The van der Waals surface area contributed by atoms with E-state index in [4.69, 9.17) is 4.74 Å². The Bertz CT molecular complexity index is 929. The summed E-state index contributed by atoms with van der Waals surface area (Å²) in [6.45, 7) is 2.99. The first-order valence-electron chi connectivity index (χ1n) is 8.50. The number of thiazole rings is 1. The van der Waals surface area contributed by atoms with Gasteiger partial charge in [-0.3, -0.25) is 9.79 Å². The van der Waals surface area contributed by atoms with Gasteiger partial charge >= 0.3 is 0 Å². The number of halogens is 1. The summed E-state index contributed by atoms with van der Waals surface area (Å²) in [5, 5.41) is 0. The topological polar surface area (TPSA) is 43.6 Å². The Morgan fingerprint density at radius 1 is 1.15 bits per heavy atom. The van der Waals surface area contributed by atoms with Gasteiger partial charge in [-0.05, 0) is 42.8 Å². The number of aromatic nitrogens is 1. The second-order valence-electron chi connectivity index (χ2n) is 5.88. The summed E-state index contributed by atoms with van der Waals surface area (Å²) in [5.74, 6) is 0.815. The van der Waals surface area contributed by atoms with Gasteiger partial charge in [0.2, 0.25) is 0 Å². The van der Waals surface area contributed by atoms with Crippen LogP contribution in [0.5, 0.6) is 5.75 Å². The maximum Gasteiger partial charge on any atom is 0.185 e. The highest BCUT2D eigenvalue weighted by molar-refractivity contribution is 8.93. The van der Waals surface area contributed by atoms with E-state index in [-0.39, 0.29) is 29.3 Å². The summed E-state index contributed by atoms with van der Waals surface area (Å²) in [4.78, 5) is 17.7. The van der Waals surface area contributed by atoms with Gasteiger partial charge < -0.3 is 9.30 Å². The summed E-state index contributed by atoms with van der Waals surface area (Å²) in [5.41, 5.74) is 1.79. The van der Waals surface area contributed by atoms with E-state index >= 15 is 0 Å². The molecule has 2 aromatic carbocycles. The fourth-order valence-corrected chi connectivity index (χ4v) is 3.55. The number of carbonyl (C=O) groups excluding carboxylic acids is 1.